The van der Waals surface area contributed by atoms with Crippen LogP contribution >= 0.6 is 11.3 Å². The number of nitrogens with zero attached hydrogens (tertiary/aromatic N) is 3. The quantitative estimate of drug-likeness (QED) is 0.560. The van der Waals surface area contributed by atoms with Crippen molar-refractivity contribution in [1.29, 1.82) is 0 Å². The van der Waals surface area contributed by atoms with Crippen molar-refractivity contribution in [2.24, 2.45) is 11.8 Å². The van der Waals surface area contributed by atoms with Gasteiger partial charge in [-0.3, -0.25) is 25.1 Å². The third-order valence-corrected chi connectivity index (χ3v) is 5.35. The fraction of sp³-hybridized carbons (Fsp3) is 0.474. The van der Waals surface area contributed by atoms with Crippen LogP contribution in [0.2, 0.25) is 0 Å². The van der Waals surface area contributed by atoms with Gasteiger partial charge in [-0.05, 0) is 30.4 Å². The molecular formula is C19H24N4O4S. The standard InChI is InChI=1S/C19H24N4O4S/c1-13-7-14(2)9-22(8-13)10-15-12-28-19(20-15)21-18(24)11-27-17-5-3-16(4-6-17)23(25)26/h3-6,12-14H,7-11H2,1-2H3,(H,20,21,24)/t13-,14-/m0/s1. The van der Waals surface area contributed by atoms with Crippen molar-refractivity contribution in [1.82, 2.24) is 9.88 Å². The lowest BCUT2D eigenvalue weighted by atomic mass is 9.92. The van der Waals surface area contributed by atoms with Gasteiger partial charge in [0.1, 0.15) is 5.75 Å². The number of thiazole rings is 1. The fourth-order valence-electron chi connectivity index (χ4n) is 3.56. The molecule has 2 atom stereocenters. The van der Waals surface area contributed by atoms with Crippen molar-refractivity contribution in [3.8, 4) is 5.75 Å². The lowest BCUT2D eigenvalue weighted by Gasteiger charge is -2.34. The zero-order valence-electron chi connectivity index (χ0n) is 16.0. The molecule has 1 amide bonds. The molecule has 3 rings (SSSR count). The lowest BCUT2D eigenvalue weighted by molar-refractivity contribution is -0.384. The molecule has 1 fully saturated rings. The molecule has 0 spiro atoms. The first-order valence-electron chi connectivity index (χ1n) is 9.23. The van der Waals surface area contributed by atoms with E-state index in [4.69, 9.17) is 4.74 Å². The maximum atomic E-state index is 12.1. The summed E-state index contributed by atoms with van der Waals surface area (Å²) in [5, 5.41) is 15.9. The Kier molecular flexibility index (Phi) is 6.58. The topological polar surface area (TPSA) is 97.6 Å². The number of non-ortho nitro benzene ring substituents is 1. The van der Waals surface area contributed by atoms with Crippen LogP contribution in [0.25, 0.3) is 0 Å². The number of benzene rings is 1. The molecule has 0 saturated carbocycles. The van der Waals surface area contributed by atoms with Crippen molar-refractivity contribution < 1.29 is 14.5 Å². The molecule has 1 saturated heterocycles. The smallest absolute Gasteiger partial charge is 0.269 e. The van der Waals surface area contributed by atoms with Crippen LogP contribution in [0.3, 0.4) is 0 Å². The maximum Gasteiger partial charge on any atom is 0.269 e. The molecule has 1 aromatic heterocycles. The number of hydrogen-bond donors (Lipinski definition) is 1. The van der Waals surface area contributed by atoms with E-state index in [1.165, 1.54) is 42.0 Å². The van der Waals surface area contributed by atoms with Gasteiger partial charge < -0.3 is 4.74 Å². The predicted molar refractivity (Wildman–Crippen MR) is 108 cm³/mol. The van der Waals surface area contributed by atoms with Gasteiger partial charge in [0.2, 0.25) is 0 Å². The van der Waals surface area contributed by atoms with Gasteiger partial charge >= 0.3 is 0 Å². The van der Waals surface area contributed by atoms with Crippen molar-refractivity contribution in [3.05, 3.63) is 45.5 Å². The lowest BCUT2D eigenvalue weighted by Crippen LogP contribution is -2.38. The molecule has 9 heteroatoms. The van der Waals surface area contributed by atoms with Crippen LogP contribution in [0.5, 0.6) is 5.75 Å². The van der Waals surface area contributed by atoms with Gasteiger partial charge in [-0.1, -0.05) is 13.8 Å². The van der Waals surface area contributed by atoms with Crippen molar-refractivity contribution in [2.45, 2.75) is 26.8 Å². The second kappa shape index (κ2) is 9.11. The number of amides is 1. The summed E-state index contributed by atoms with van der Waals surface area (Å²) in [6.07, 6.45) is 1.27. The molecule has 1 aromatic carbocycles. The van der Waals surface area contributed by atoms with E-state index < -0.39 is 4.92 Å². The van der Waals surface area contributed by atoms with E-state index in [1.54, 1.807) is 0 Å². The van der Waals surface area contributed by atoms with E-state index in [2.05, 4.69) is 29.0 Å². The van der Waals surface area contributed by atoms with Crippen LogP contribution in [0.1, 0.15) is 26.0 Å². The second-order valence-corrected chi connectivity index (χ2v) is 8.23. The van der Waals surface area contributed by atoms with E-state index >= 15 is 0 Å². The Morgan fingerprint density at radius 2 is 2.00 bits per heavy atom. The van der Waals surface area contributed by atoms with Crippen LogP contribution < -0.4 is 10.1 Å². The minimum Gasteiger partial charge on any atom is -0.484 e. The first-order chi connectivity index (χ1) is 13.4. The Morgan fingerprint density at radius 3 is 2.64 bits per heavy atom. The molecule has 0 unspecified atom stereocenters. The number of rotatable bonds is 7. The summed E-state index contributed by atoms with van der Waals surface area (Å²) in [5.74, 6) is 1.46. The highest BCUT2D eigenvalue weighted by Crippen LogP contribution is 2.24. The molecular weight excluding hydrogens is 380 g/mol. The normalized spacial score (nSPS) is 19.9. The summed E-state index contributed by atoms with van der Waals surface area (Å²) in [5.41, 5.74) is 0.933. The van der Waals surface area contributed by atoms with Crippen LogP contribution in [-0.2, 0) is 11.3 Å². The Balaban J connectivity index is 1.46. The van der Waals surface area contributed by atoms with Gasteiger partial charge in [0.25, 0.3) is 11.6 Å². The van der Waals surface area contributed by atoms with Crippen LogP contribution in [0.4, 0.5) is 10.8 Å². The maximum absolute atomic E-state index is 12.1. The monoisotopic (exact) mass is 404 g/mol. The Hall–Kier alpha value is -2.52. The highest BCUT2D eigenvalue weighted by molar-refractivity contribution is 7.13. The molecule has 0 aliphatic carbocycles. The zero-order chi connectivity index (χ0) is 20.1. The summed E-state index contributed by atoms with van der Waals surface area (Å²) in [6, 6.07) is 5.60. The third kappa shape index (κ3) is 5.74. The minimum atomic E-state index is -0.484. The van der Waals surface area contributed by atoms with Gasteiger partial charge in [0, 0.05) is 37.1 Å². The van der Waals surface area contributed by atoms with Crippen LogP contribution in [0, 0.1) is 22.0 Å². The fourth-order valence-corrected chi connectivity index (χ4v) is 4.27. The average Bonchev–Trinajstić information content (AvgIpc) is 3.06. The van der Waals surface area contributed by atoms with E-state index in [-0.39, 0.29) is 18.2 Å². The number of anilines is 1. The first-order valence-corrected chi connectivity index (χ1v) is 10.1. The Bertz CT molecular complexity index is 814. The van der Waals surface area contributed by atoms with E-state index in [9.17, 15) is 14.9 Å². The highest BCUT2D eigenvalue weighted by Gasteiger charge is 2.22. The number of carbonyl (C=O) groups excluding carboxylic acids is 1. The van der Waals surface area contributed by atoms with E-state index in [0.717, 1.165) is 25.3 Å². The number of likely N-dealkylation sites (tertiary alicyclic amines) is 1. The molecule has 0 radical (unpaired) electrons. The minimum absolute atomic E-state index is 0.0235. The van der Waals surface area contributed by atoms with Crippen LogP contribution in [-0.4, -0.2) is 40.4 Å². The summed E-state index contributed by atoms with van der Waals surface area (Å²) in [7, 11) is 0. The molecule has 28 heavy (non-hydrogen) atoms. The van der Waals surface area contributed by atoms with Gasteiger partial charge in [-0.2, -0.15) is 0 Å². The number of carbonyl (C=O) groups is 1. The molecule has 1 aliphatic rings. The number of nitro benzene ring substituents is 1. The van der Waals surface area contributed by atoms with Crippen molar-refractivity contribution in [3.63, 3.8) is 0 Å². The molecule has 2 heterocycles. The van der Waals surface area contributed by atoms with Crippen molar-refractivity contribution in [2.75, 3.05) is 25.0 Å². The number of aromatic nitrogens is 1. The number of nitro groups is 1. The molecule has 150 valence electrons. The number of piperidine rings is 1. The summed E-state index contributed by atoms with van der Waals surface area (Å²) in [4.78, 5) is 29.1. The molecule has 0 bridgehead atoms. The average molecular weight is 404 g/mol. The summed E-state index contributed by atoms with van der Waals surface area (Å²) in [6.45, 7) is 7.31. The largest absolute Gasteiger partial charge is 0.484 e. The second-order valence-electron chi connectivity index (χ2n) is 7.37. The van der Waals surface area contributed by atoms with Crippen LogP contribution in [0.15, 0.2) is 29.6 Å². The third-order valence-electron chi connectivity index (χ3n) is 4.55. The van der Waals surface area contributed by atoms with Crippen molar-refractivity contribution >= 4 is 28.1 Å². The van der Waals surface area contributed by atoms with E-state index in [1.807, 2.05) is 5.38 Å². The van der Waals surface area contributed by atoms with Gasteiger partial charge in [0.05, 0.1) is 10.6 Å². The number of ether oxygens (including phenoxy) is 1. The SMILES string of the molecule is C[C@H]1C[C@H](C)CN(Cc2csc(NC(=O)COc3ccc([N+](=O)[O-])cc3)n2)C1. The number of nitrogens with one attached hydrogen (secondary N) is 1. The molecule has 1 N–H and O–H groups in total. The Morgan fingerprint density at radius 1 is 1.32 bits per heavy atom. The molecule has 1 aliphatic heterocycles. The van der Waals surface area contributed by atoms with Gasteiger partial charge in [0.15, 0.2) is 11.7 Å². The summed E-state index contributed by atoms with van der Waals surface area (Å²) >= 11 is 1.39. The molecule has 2 aromatic rings. The number of hydrogen-bond acceptors (Lipinski definition) is 7. The highest BCUT2D eigenvalue weighted by atomic mass is 32.1. The molecule has 8 nitrogen and oxygen atoms in total. The van der Waals surface area contributed by atoms with E-state index in [0.29, 0.717) is 22.7 Å². The first kappa shape index (κ1) is 20.2. The Labute approximate surface area is 167 Å². The van der Waals surface area contributed by atoms with Gasteiger partial charge in [-0.25, -0.2) is 4.98 Å². The zero-order valence-corrected chi connectivity index (χ0v) is 16.8. The van der Waals surface area contributed by atoms with Gasteiger partial charge in [-0.15, -0.1) is 11.3 Å². The predicted octanol–water partition coefficient (Wildman–Crippen LogP) is 3.55. The summed E-state index contributed by atoms with van der Waals surface area (Å²) < 4.78 is 5.36.